The van der Waals surface area contributed by atoms with E-state index in [1.54, 1.807) is 0 Å². The molecule has 0 saturated carbocycles. The molecule has 1 fully saturated rings. The third-order valence-electron chi connectivity index (χ3n) is 4.03. The number of hydrogen-bond donors (Lipinski definition) is 0. The maximum atomic E-state index is 6.37. The van der Waals surface area contributed by atoms with E-state index in [4.69, 9.17) is 6.92 Å². The minimum absolute atomic E-state index is 0.160. The first-order chi connectivity index (χ1) is 6.13. The Hall–Kier alpha value is -0.0400. The molecule has 2 unspecified atom stereocenters. The lowest BCUT2D eigenvalue weighted by Crippen LogP contribution is -2.61. The zero-order valence-corrected chi connectivity index (χ0v) is 10.6. The number of rotatable bonds is 1. The fourth-order valence-corrected chi connectivity index (χ4v) is 3.28. The van der Waals surface area contributed by atoms with Gasteiger partial charge in [0.2, 0.25) is 0 Å². The van der Waals surface area contributed by atoms with Crippen LogP contribution in [0.1, 0.15) is 53.9 Å². The molecule has 1 heterocycles. The van der Waals surface area contributed by atoms with E-state index in [9.17, 15) is 0 Å². The van der Waals surface area contributed by atoms with Crippen molar-refractivity contribution < 1.29 is 0 Å². The predicted octanol–water partition coefficient (Wildman–Crippen LogP) is 3.38. The summed E-state index contributed by atoms with van der Waals surface area (Å²) in [6.07, 6.45) is 3.48. The molecule has 1 heteroatoms. The third kappa shape index (κ3) is 1.98. The SMILES string of the molecule is [CH]C1(C)CC(C)(C)CC(C)(CC)N1C. The average molecular weight is 195 g/mol. The summed E-state index contributed by atoms with van der Waals surface area (Å²) >= 11 is 0. The molecule has 1 rings (SSSR count). The molecule has 0 spiro atoms. The Morgan fingerprint density at radius 1 is 1.14 bits per heavy atom. The third-order valence-corrected chi connectivity index (χ3v) is 4.03. The molecule has 0 amide bonds. The zero-order chi connectivity index (χ0) is 11.2. The van der Waals surface area contributed by atoms with Gasteiger partial charge < -0.3 is 0 Å². The van der Waals surface area contributed by atoms with Gasteiger partial charge in [-0.2, -0.15) is 0 Å². The van der Waals surface area contributed by atoms with E-state index in [-0.39, 0.29) is 11.1 Å². The van der Waals surface area contributed by atoms with Gasteiger partial charge in [0.1, 0.15) is 0 Å². The maximum Gasteiger partial charge on any atom is 0.0223 e. The monoisotopic (exact) mass is 195 g/mol. The van der Waals surface area contributed by atoms with Crippen molar-refractivity contribution in [2.24, 2.45) is 5.41 Å². The molecule has 1 aliphatic rings. The summed E-state index contributed by atoms with van der Waals surface area (Å²) < 4.78 is 0. The van der Waals surface area contributed by atoms with Gasteiger partial charge >= 0.3 is 0 Å². The Bertz CT molecular complexity index is 217. The van der Waals surface area contributed by atoms with Gasteiger partial charge in [-0.3, -0.25) is 4.90 Å². The molecule has 0 aromatic rings. The molecule has 2 radical (unpaired) electrons. The number of hydrogen-bond acceptors (Lipinski definition) is 1. The molecular formula is C13H25N. The van der Waals surface area contributed by atoms with Gasteiger partial charge in [-0.15, -0.1) is 0 Å². The molecule has 0 aromatic carbocycles. The highest BCUT2D eigenvalue weighted by molar-refractivity contribution is 5.06. The summed E-state index contributed by atoms with van der Waals surface area (Å²) in [5.74, 6) is 0. The standard InChI is InChI=1S/C13H25N/c1-8-13(6)10-11(2,3)9-12(4,5)14(13)7/h4H,8-10H2,1-3,5-7H3. The van der Waals surface area contributed by atoms with Crippen LogP contribution >= 0.6 is 0 Å². The van der Waals surface area contributed by atoms with Crippen LogP contribution in [0.15, 0.2) is 0 Å². The minimum Gasteiger partial charge on any atom is -0.295 e. The maximum absolute atomic E-state index is 6.37. The van der Waals surface area contributed by atoms with Gasteiger partial charge in [-0.1, -0.05) is 20.8 Å². The van der Waals surface area contributed by atoms with E-state index in [2.05, 4.69) is 46.6 Å². The summed E-state index contributed by atoms with van der Waals surface area (Å²) in [7, 11) is 2.17. The molecule has 1 nitrogen and oxygen atoms in total. The molecule has 2 atom stereocenters. The largest absolute Gasteiger partial charge is 0.295 e. The zero-order valence-electron chi connectivity index (χ0n) is 10.6. The Balaban J connectivity index is 3.00. The first kappa shape index (κ1) is 12.0. The Morgan fingerprint density at radius 3 is 2.07 bits per heavy atom. The highest BCUT2D eigenvalue weighted by Crippen LogP contribution is 2.47. The minimum atomic E-state index is -0.160. The van der Waals surface area contributed by atoms with Crippen molar-refractivity contribution in [3.63, 3.8) is 0 Å². The van der Waals surface area contributed by atoms with E-state index in [0.29, 0.717) is 5.41 Å². The van der Waals surface area contributed by atoms with Crippen LogP contribution in [0.25, 0.3) is 0 Å². The van der Waals surface area contributed by atoms with Gasteiger partial charge in [0.15, 0.2) is 0 Å². The van der Waals surface area contributed by atoms with Crippen molar-refractivity contribution in [2.45, 2.75) is 65.0 Å². The van der Waals surface area contributed by atoms with Crippen molar-refractivity contribution >= 4 is 0 Å². The lowest BCUT2D eigenvalue weighted by atomic mass is 9.65. The number of piperidine rings is 1. The van der Waals surface area contributed by atoms with Crippen LogP contribution in [-0.4, -0.2) is 23.0 Å². The number of likely N-dealkylation sites (tertiary alicyclic amines) is 1. The van der Waals surface area contributed by atoms with Crippen LogP contribution in [0.2, 0.25) is 0 Å². The van der Waals surface area contributed by atoms with Gasteiger partial charge in [0, 0.05) is 11.1 Å². The molecule has 0 N–H and O–H groups in total. The summed E-state index contributed by atoms with van der Waals surface area (Å²) in [6, 6.07) is 0. The van der Waals surface area contributed by atoms with Crippen LogP contribution in [0.3, 0.4) is 0 Å². The van der Waals surface area contributed by atoms with Crippen LogP contribution in [0.5, 0.6) is 0 Å². The Morgan fingerprint density at radius 2 is 1.64 bits per heavy atom. The average Bonchev–Trinajstić information content (AvgIpc) is 1.98. The quantitative estimate of drug-likeness (QED) is 0.620. The first-order valence-electron chi connectivity index (χ1n) is 5.66. The van der Waals surface area contributed by atoms with Crippen molar-refractivity contribution in [1.82, 2.24) is 4.90 Å². The summed E-state index contributed by atoms with van der Waals surface area (Å²) in [6.45, 7) is 17.8. The van der Waals surface area contributed by atoms with Crippen molar-refractivity contribution in [2.75, 3.05) is 7.05 Å². The van der Waals surface area contributed by atoms with Crippen LogP contribution in [-0.2, 0) is 0 Å². The second-order valence-electron chi connectivity index (χ2n) is 6.28. The summed E-state index contributed by atoms with van der Waals surface area (Å²) in [4.78, 5) is 2.37. The van der Waals surface area contributed by atoms with E-state index in [0.717, 1.165) is 6.42 Å². The van der Waals surface area contributed by atoms with E-state index in [1.165, 1.54) is 12.8 Å². The molecule has 0 aromatic heterocycles. The van der Waals surface area contributed by atoms with Gasteiger partial charge in [0.25, 0.3) is 0 Å². The molecular weight excluding hydrogens is 170 g/mol. The molecule has 82 valence electrons. The predicted molar refractivity (Wildman–Crippen MR) is 62.2 cm³/mol. The number of nitrogens with zero attached hydrogens (tertiary/aromatic N) is 1. The van der Waals surface area contributed by atoms with Crippen LogP contribution in [0.4, 0.5) is 0 Å². The topological polar surface area (TPSA) is 3.24 Å². The van der Waals surface area contributed by atoms with Crippen LogP contribution < -0.4 is 0 Å². The summed E-state index contributed by atoms with van der Waals surface area (Å²) in [5, 5.41) is 0. The molecule has 0 aliphatic carbocycles. The van der Waals surface area contributed by atoms with Gasteiger partial charge in [-0.05, 0) is 52.5 Å². The van der Waals surface area contributed by atoms with Crippen LogP contribution in [0, 0.1) is 12.3 Å². The van der Waals surface area contributed by atoms with Crippen molar-refractivity contribution in [3.05, 3.63) is 6.92 Å². The molecule has 1 saturated heterocycles. The second-order valence-corrected chi connectivity index (χ2v) is 6.28. The normalized spacial score (nSPS) is 37.1. The highest BCUT2D eigenvalue weighted by Gasteiger charge is 2.47. The van der Waals surface area contributed by atoms with E-state index < -0.39 is 0 Å². The van der Waals surface area contributed by atoms with Crippen molar-refractivity contribution in [3.8, 4) is 0 Å². The molecule has 0 bridgehead atoms. The lowest BCUT2D eigenvalue weighted by molar-refractivity contribution is -0.0573. The fraction of sp³-hybridized carbons (Fsp3) is 0.923. The fourth-order valence-electron chi connectivity index (χ4n) is 3.28. The van der Waals surface area contributed by atoms with Gasteiger partial charge in [-0.25, -0.2) is 0 Å². The molecule has 14 heavy (non-hydrogen) atoms. The van der Waals surface area contributed by atoms with E-state index in [1.807, 2.05) is 0 Å². The first-order valence-corrected chi connectivity index (χ1v) is 5.66. The van der Waals surface area contributed by atoms with Gasteiger partial charge in [0.05, 0.1) is 0 Å². The highest BCUT2D eigenvalue weighted by atomic mass is 15.2. The van der Waals surface area contributed by atoms with E-state index >= 15 is 0 Å². The Labute approximate surface area is 89.9 Å². The second kappa shape index (κ2) is 3.23. The summed E-state index contributed by atoms with van der Waals surface area (Å²) in [5.41, 5.74) is 0.457. The lowest BCUT2D eigenvalue weighted by Gasteiger charge is -2.57. The smallest absolute Gasteiger partial charge is 0.0223 e. The van der Waals surface area contributed by atoms with Crippen molar-refractivity contribution in [1.29, 1.82) is 0 Å². The Kier molecular flexibility index (Phi) is 2.78. The molecule has 1 aliphatic heterocycles.